The number of amides is 1. The summed E-state index contributed by atoms with van der Waals surface area (Å²) in [5.41, 5.74) is 2.25. The molecule has 1 aliphatic heterocycles. The minimum absolute atomic E-state index is 0.0729. The monoisotopic (exact) mass is 377 g/mol. The third kappa shape index (κ3) is 4.33. The van der Waals surface area contributed by atoms with Crippen molar-refractivity contribution in [3.63, 3.8) is 0 Å². The van der Waals surface area contributed by atoms with Crippen molar-refractivity contribution in [3.05, 3.63) is 29.6 Å². The molecule has 1 N–H and O–H groups in total. The Balaban J connectivity index is 1.68. The van der Waals surface area contributed by atoms with Gasteiger partial charge in [0.1, 0.15) is 0 Å². The van der Waals surface area contributed by atoms with E-state index in [1.54, 1.807) is 11.3 Å². The smallest absolute Gasteiger partial charge is 0.231 e. The van der Waals surface area contributed by atoms with Crippen LogP contribution in [0, 0.1) is 5.41 Å². The van der Waals surface area contributed by atoms with E-state index >= 15 is 0 Å². The maximum absolute atomic E-state index is 12.2. The highest BCUT2D eigenvalue weighted by Gasteiger charge is 2.26. The lowest BCUT2D eigenvalue weighted by Crippen LogP contribution is -2.32. The maximum atomic E-state index is 12.2. The Bertz CT molecular complexity index is 721. The van der Waals surface area contributed by atoms with Gasteiger partial charge in [0.25, 0.3) is 0 Å². The highest BCUT2D eigenvalue weighted by molar-refractivity contribution is 7.14. The van der Waals surface area contributed by atoms with Gasteiger partial charge in [0, 0.05) is 35.6 Å². The minimum Gasteiger partial charge on any atom is -0.348 e. The minimum atomic E-state index is -0.585. The van der Waals surface area contributed by atoms with E-state index in [2.05, 4.69) is 15.6 Å². The van der Waals surface area contributed by atoms with Crippen LogP contribution in [-0.2, 0) is 4.79 Å². The van der Waals surface area contributed by atoms with E-state index in [4.69, 9.17) is 16.6 Å². The summed E-state index contributed by atoms with van der Waals surface area (Å²) in [6.07, 6.45) is 3.83. The van der Waals surface area contributed by atoms with Gasteiger partial charge in [-0.25, -0.2) is 4.98 Å². The molecule has 25 heavy (non-hydrogen) atoms. The third-order valence-corrected chi connectivity index (χ3v) is 6.08. The van der Waals surface area contributed by atoms with E-state index in [1.807, 2.05) is 38.1 Å². The Kier molecular flexibility index (Phi) is 5.64. The molecule has 0 unspecified atom stereocenters. The van der Waals surface area contributed by atoms with Crippen LogP contribution in [0.3, 0.4) is 0 Å². The molecule has 0 spiro atoms. The molecule has 0 radical (unpaired) electrons. The molecule has 0 atom stereocenters. The van der Waals surface area contributed by atoms with Gasteiger partial charge >= 0.3 is 0 Å². The highest BCUT2D eigenvalue weighted by Crippen LogP contribution is 2.30. The molecule has 6 heteroatoms. The summed E-state index contributed by atoms with van der Waals surface area (Å²) in [6, 6.07) is 7.83. The molecule has 1 saturated heterocycles. The first-order chi connectivity index (χ1) is 12.0. The second-order valence-corrected chi connectivity index (χ2v) is 8.22. The fraction of sp³-hybridized carbons (Fsp3) is 0.474. The summed E-state index contributed by atoms with van der Waals surface area (Å²) in [6.45, 7) is 5.88. The van der Waals surface area contributed by atoms with Crippen molar-refractivity contribution in [2.45, 2.75) is 33.1 Å². The Morgan fingerprint density at radius 2 is 1.92 bits per heavy atom. The van der Waals surface area contributed by atoms with E-state index in [9.17, 15) is 4.79 Å². The summed E-state index contributed by atoms with van der Waals surface area (Å²) in [5, 5.41) is 6.13. The Labute approximate surface area is 158 Å². The lowest BCUT2D eigenvalue weighted by molar-refractivity contribution is -0.122. The molecule has 1 aromatic carbocycles. The standard InChI is InChI=1S/C19H24ClN3OS/c1-19(2,13-20)17(24)21-15-8-6-14(7-9-15)16-12-25-18(22-16)23-10-4-3-5-11-23/h6-9,12H,3-5,10-11,13H2,1-2H3,(H,21,24). The van der Waals surface area contributed by atoms with Gasteiger partial charge in [0.15, 0.2) is 5.13 Å². The number of rotatable bonds is 5. The fourth-order valence-corrected chi connectivity index (χ4v) is 3.72. The van der Waals surface area contributed by atoms with E-state index in [0.717, 1.165) is 35.2 Å². The fourth-order valence-electron chi connectivity index (χ4n) is 2.71. The van der Waals surface area contributed by atoms with Crippen LogP contribution in [0.5, 0.6) is 0 Å². The predicted octanol–water partition coefficient (Wildman–Crippen LogP) is 5.00. The molecule has 4 nitrogen and oxygen atoms in total. The number of carbonyl (C=O) groups is 1. The molecule has 1 amide bonds. The van der Waals surface area contributed by atoms with E-state index < -0.39 is 5.41 Å². The van der Waals surface area contributed by atoms with Crippen molar-refractivity contribution in [2.75, 3.05) is 29.2 Å². The van der Waals surface area contributed by atoms with Crippen LogP contribution in [0.1, 0.15) is 33.1 Å². The van der Waals surface area contributed by atoms with Crippen molar-refractivity contribution >= 4 is 39.7 Å². The molecule has 0 saturated carbocycles. The average Bonchev–Trinajstić information content (AvgIpc) is 3.13. The van der Waals surface area contributed by atoms with Crippen LogP contribution in [-0.4, -0.2) is 29.9 Å². The number of piperidine rings is 1. The number of anilines is 2. The van der Waals surface area contributed by atoms with Crippen molar-refractivity contribution in [3.8, 4) is 11.3 Å². The zero-order chi connectivity index (χ0) is 17.9. The second kappa shape index (κ2) is 7.75. The molecular weight excluding hydrogens is 354 g/mol. The van der Waals surface area contributed by atoms with Crippen LogP contribution in [0.4, 0.5) is 10.8 Å². The van der Waals surface area contributed by atoms with Crippen LogP contribution in [0.2, 0.25) is 0 Å². The first-order valence-corrected chi connectivity index (χ1v) is 10.1. The SMILES string of the molecule is CC(C)(CCl)C(=O)Nc1ccc(-c2csc(N3CCCCC3)n2)cc1. The number of nitrogens with one attached hydrogen (secondary N) is 1. The zero-order valence-electron chi connectivity index (χ0n) is 14.7. The Hall–Kier alpha value is -1.59. The van der Waals surface area contributed by atoms with Crippen LogP contribution < -0.4 is 10.2 Å². The normalized spacial score (nSPS) is 15.2. The van der Waals surface area contributed by atoms with E-state index in [-0.39, 0.29) is 11.8 Å². The van der Waals surface area contributed by atoms with Crippen LogP contribution >= 0.6 is 22.9 Å². The Morgan fingerprint density at radius 3 is 2.56 bits per heavy atom. The van der Waals surface area contributed by atoms with Crippen molar-refractivity contribution < 1.29 is 4.79 Å². The molecule has 1 aliphatic rings. The Morgan fingerprint density at radius 1 is 1.24 bits per heavy atom. The molecule has 0 aliphatic carbocycles. The molecule has 134 valence electrons. The highest BCUT2D eigenvalue weighted by atomic mass is 35.5. The van der Waals surface area contributed by atoms with E-state index in [0.29, 0.717) is 0 Å². The lowest BCUT2D eigenvalue weighted by Gasteiger charge is -2.25. The largest absolute Gasteiger partial charge is 0.348 e. The van der Waals surface area contributed by atoms with Gasteiger partial charge in [0.05, 0.1) is 11.1 Å². The summed E-state index contributed by atoms with van der Waals surface area (Å²) in [7, 11) is 0. The van der Waals surface area contributed by atoms with E-state index in [1.165, 1.54) is 19.3 Å². The van der Waals surface area contributed by atoms with Gasteiger partial charge in [-0.3, -0.25) is 4.79 Å². The number of hydrogen-bond donors (Lipinski definition) is 1. The van der Waals surface area contributed by atoms with Crippen LogP contribution in [0.25, 0.3) is 11.3 Å². The number of halogens is 1. The van der Waals surface area contributed by atoms with Crippen molar-refractivity contribution in [1.29, 1.82) is 0 Å². The van der Waals surface area contributed by atoms with Gasteiger partial charge in [-0.05, 0) is 45.2 Å². The van der Waals surface area contributed by atoms with Gasteiger partial charge < -0.3 is 10.2 Å². The summed E-state index contributed by atoms with van der Waals surface area (Å²) >= 11 is 7.56. The number of carbonyl (C=O) groups excluding carboxylic acids is 1. The number of nitrogens with zero attached hydrogens (tertiary/aromatic N) is 2. The molecule has 3 rings (SSSR count). The summed E-state index contributed by atoms with van der Waals surface area (Å²) < 4.78 is 0. The lowest BCUT2D eigenvalue weighted by atomic mass is 9.95. The van der Waals surface area contributed by atoms with Crippen molar-refractivity contribution in [1.82, 2.24) is 4.98 Å². The molecule has 0 bridgehead atoms. The van der Waals surface area contributed by atoms with Crippen LogP contribution in [0.15, 0.2) is 29.6 Å². The number of thiazole rings is 1. The first kappa shape index (κ1) is 18.2. The number of aromatic nitrogens is 1. The number of alkyl halides is 1. The molecule has 2 heterocycles. The molecule has 2 aromatic rings. The first-order valence-electron chi connectivity index (χ1n) is 8.68. The maximum Gasteiger partial charge on any atom is 0.231 e. The zero-order valence-corrected chi connectivity index (χ0v) is 16.3. The number of benzene rings is 1. The predicted molar refractivity (Wildman–Crippen MR) is 107 cm³/mol. The summed E-state index contributed by atoms with van der Waals surface area (Å²) in [4.78, 5) is 19.3. The molecular formula is C19H24ClN3OS. The average molecular weight is 378 g/mol. The molecule has 1 aromatic heterocycles. The number of hydrogen-bond acceptors (Lipinski definition) is 4. The second-order valence-electron chi connectivity index (χ2n) is 7.11. The quantitative estimate of drug-likeness (QED) is 0.745. The van der Waals surface area contributed by atoms with Gasteiger partial charge in [-0.1, -0.05) is 12.1 Å². The molecule has 1 fully saturated rings. The van der Waals surface area contributed by atoms with Gasteiger partial charge in [-0.2, -0.15) is 0 Å². The van der Waals surface area contributed by atoms with Crippen molar-refractivity contribution in [2.24, 2.45) is 5.41 Å². The van der Waals surface area contributed by atoms with Gasteiger partial charge in [0.2, 0.25) is 5.91 Å². The topological polar surface area (TPSA) is 45.2 Å². The summed E-state index contributed by atoms with van der Waals surface area (Å²) in [5.74, 6) is 0.214. The third-order valence-electron chi connectivity index (χ3n) is 4.51. The van der Waals surface area contributed by atoms with Gasteiger partial charge in [-0.15, -0.1) is 22.9 Å².